The molecule has 3 aliphatic heterocycles. The summed E-state index contributed by atoms with van der Waals surface area (Å²) < 4.78 is 2.47. The minimum absolute atomic E-state index is 0. The maximum Gasteiger partial charge on any atom is 3.00 e. The molecule has 0 aliphatic carbocycles. The van der Waals surface area contributed by atoms with Crippen molar-refractivity contribution in [3.05, 3.63) is 95.2 Å². The number of carboxylic acids is 3. The van der Waals surface area contributed by atoms with Gasteiger partial charge in [-0.1, -0.05) is 198 Å². The monoisotopic (exact) mass is 1360 g/mol. The van der Waals surface area contributed by atoms with E-state index in [1.54, 1.807) is 14.7 Å². The van der Waals surface area contributed by atoms with Crippen molar-refractivity contribution in [1.82, 2.24) is 24.9 Å². The molecule has 0 aromatic heterocycles. The van der Waals surface area contributed by atoms with Gasteiger partial charge in [0.15, 0.2) is 5.71 Å². The van der Waals surface area contributed by atoms with Gasteiger partial charge in [-0.05, 0) is 43.5 Å². The van der Waals surface area contributed by atoms with Crippen LogP contribution in [0.25, 0.3) is 0 Å². The Bertz CT molecular complexity index is 2380. The second kappa shape index (κ2) is 40.0. The summed E-state index contributed by atoms with van der Waals surface area (Å²) >= 11 is 0. The van der Waals surface area contributed by atoms with Crippen molar-refractivity contribution >= 4 is 66.7 Å². The normalized spacial score (nSPS) is 17.5. The van der Waals surface area contributed by atoms with Gasteiger partial charge in [-0.2, -0.15) is 4.58 Å². The van der Waals surface area contributed by atoms with Gasteiger partial charge in [0.05, 0.1) is 29.9 Å². The van der Waals surface area contributed by atoms with E-state index in [0.29, 0.717) is 19.6 Å². The van der Waals surface area contributed by atoms with Crippen LogP contribution in [-0.4, -0.2) is 171 Å². The molecule has 3 aliphatic rings. The van der Waals surface area contributed by atoms with Crippen molar-refractivity contribution in [1.29, 1.82) is 0 Å². The quantitative estimate of drug-likeness (QED) is 0.0429. The molecular weight excluding hydrogens is 1260 g/mol. The van der Waals surface area contributed by atoms with Crippen LogP contribution in [0.4, 0.5) is 11.4 Å². The molecule has 14 nitrogen and oxygen atoms in total. The zero-order valence-corrected chi connectivity index (χ0v) is 57.3. The molecule has 16 heteroatoms. The summed E-state index contributed by atoms with van der Waals surface area (Å²) in [6, 6.07) is 15.3. The van der Waals surface area contributed by atoms with Crippen LogP contribution in [0.3, 0.4) is 0 Å². The molecule has 0 saturated carbocycles. The Labute approximate surface area is 536 Å². The van der Waals surface area contributed by atoms with Crippen LogP contribution < -0.4 is 49.5 Å². The molecular formula is C67H103IInN7O7. The summed E-state index contributed by atoms with van der Waals surface area (Å²) in [6.07, 6.45) is 39.2. The van der Waals surface area contributed by atoms with Crippen molar-refractivity contribution in [3.63, 3.8) is 0 Å². The third kappa shape index (κ3) is 25.4. The van der Waals surface area contributed by atoms with E-state index in [4.69, 9.17) is 0 Å². The van der Waals surface area contributed by atoms with Crippen molar-refractivity contribution < 1.29 is 63.0 Å². The minimum atomic E-state index is -1.28. The number of halogens is 1. The van der Waals surface area contributed by atoms with Crippen LogP contribution in [0.5, 0.6) is 0 Å². The number of carbonyl (C=O) groups is 4. The molecule has 83 heavy (non-hydrogen) atoms. The van der Waals surface area contributed by atoms with Gasteiger partial charge in [0, 0.05) is 126 Å². The second-order valence-electron chi connectivity index (χ2n) is 24.3. The van der Waals surface area contributed by atoms with E-state index in [2.05, 4.69) is 129 Å². The molecule has 5 rings (SSSR count). The fraction of sp³-hybridized carbons (Fsp3) is 0.657. The maximum absolute atomic E-state index is 13.8. The van der Waals surface area contributed by atoms with Gasteiger partial charge in [0.2, 0.25) is 11.6 Å². The number of benzene rings is 2. The number of aliphatic carboxylic acids is 3. The van der Waals surface area contributed by atoms with Crippen molar-refractivity contribution in [2.24, 2.45) is 0 Å². The molecule has 2 aromatic carbocycles. The average molecular weight is 1360 g/mol. The van der Waals surface area contributed by atoms with Gasteiger partial charge < -0.3 is 63.9 Å². The number of carbonyl (C=O) groups excluding carboxylic acids is 4. The van der Waals surface area contributed by atoms with Crippen molar-refractivity contribution in [3.8, 4) is 0 Å². The first kappa shape index (κ1) is 73.7. The van der Waals surface area contributed by atoms with Gasteiger partial charge in [-0.3, -0.25) is 24.4 Å². The number of allylic oxidation sites excluding steroid dienone is 6. The Morgan fingerprint density at radius 1 is 0.542 bits per heavy atom. The topological polar surface area (TPSA) is 169 Å². The molecule has 0 radical (unpaired) electrons. The fourth-order valence-corrected chi connectivity index (χ4v) is 12.3. The first-order valence-electron chi connectivity index (χ1n) is 31.5. The number of amides is 1. The summed E-state index contributed by atoms with van der Waals surface area (Å²) in [5, 5.41) is 38.0. The predicted octanol–water partition coefficient (Wildman–Crippen LogP) is 4.80. The van der Waals surface area contributed by atoms with Crippen LogP contribution in [0, 0.1) is 0 Å². The van der Waals surface area contributed by atoms with E-state index in [-0.39, 0.29) is 132 Å². The Morgan fingerprint density at radius 3 is 1.45 bits per heavy atom. The van der Waals surface area contributed by atoms with Crippen molar-refractivity contribution in [2.45, 2.75) is 194 Å². The van der Waals surface area contributed by atoms with Crippen LogP contribution in [0.15, 0.2) is 78.5 Å². The molecule has 1 saturated heterocycles. The molecule has 0 bridgehead atoms. The summed E-state index contributed by atoms with van der Waals surface area (Å²) in [5.41, 5.74) is 8.20. The number of nitrogens with one attached hydrogen (secondary N) is 1. The van der Waals surface area contributed by atoms with E-state index in [1.165, 1.54) is 156 Å². The fourth-order valence-electron chi connectivity index (χ4n) is 12.3. The number of fused-ring (bicyclic) bond motifs is 2. The molecule has 1 amide bonds. The Morgan fingerprint density at radius 2 is 0.988 bits per heavy atom. The van der Waals surface area contributed by atoms with Crippen molar-refractivity contribution in [2.75, 3.05) is 96.5 Å². The standard InChI is InChI=1S/C67H105N7O7.HI.In/c1-7-9-10-11-12-13-14-15-16-17-18-19-20-21-22-23-24-25-26-32-40-74-59-38-37-55(49-57(59)67(5,6)61(74)36-29-27-28-35-60-66(3,4)56-33-30-31-34-58(56)73(60)39-8-2)50-68-62(75)51-69-41-43-70(52-63(76)77)45-47-72(54-65(80)81)48-46-71(44-42-69)53-64(78)79;;/h27-31,33-38,49H,7-26,32,39-48,50-54H2,1-6H3,(H3-,68,75,76,77,78,79,80,81);1H;/q;;+3/p-3. The number of unbranched alkanes of at least 4 members (excludes halogenated alkanes) is 19. The van der Waals surface area contributed by atoms with E-state index in [9.17, 15) is 34.5 Å². The van der Waals surface area contributed by atoms with Crippen LogP contribution >= 0.6 is 0 Å². The molecule has 0 atom stereocenters. The number of carboxylic acid groups (broad SMARTS) is 3. The van der Waals surface area contributed by atoms with Gasteiger partial charge in [-0.25, -0.2) is 0 Å². The molecule has 2 aromatic rings. The largest absolute Gasteiger partial charge is 3.00 e. The number of hydrogen-bond acceptors (Lipinski definition) is 12. The Hall–Kier alpha value is -3.55. The van der Waals surface area contributed by atoms with Crippen LogP contribution in [0.1, 0.15) is 193 Å². The van der Waals surface area contributed by atoms with E-state index >= 15 is 0 Å². The Balaban J connectivity index is 0.00000903. The number of nitrogens with zero attached hydrogens (tertiary/aromatic N) is 6. The predicted molar refractivity (Wildman–Crippen MR) is 329 cm³/mol. The number of hydrogen-bond donors (Lipinski definition) is 1. The smallest absolute Gasteiger partial charge is 1.00 e. The number of para-hydroxylation sites is 1. The van der Waals surface area contributed by atoms with Gasteiger partial charge in [0.25, 0.3) is 0 Å². The maximum atomic E-state index is 13.8. The van der Waals surface area contributed by atoms with Crippen LogP contribution in [0.2, 0.25) is 0 Å². The van der Waals surface area contributed by atoms with Gasteiger partial charge in [-0.15, -0.1) is 0 Å². The third-order valence-electron chi connectivity index (χ3n) is 17.0. The first-order valence-corrected chi connectivity index (χ1v) is 31.5. The minimum Gasteiger partial charge on any atom is -1.00 e. The van der Waals surface area contributed by atoms with E-state index in [1.807, 2.05) is 4.90 Å². The molecule has 3 heterocycles. The average Bonchev–Trinajstić information content (AvgIpc) is 3.78. The zero-order chi connectivity index (χ0) is 58.5. The first-order chi connectivity index (χ1) is 39.0. The summed E-state index contributed by atoms with van der Waals surface area (Å²) in [7, 11) is 0. The van der Waals surface area contributed by atoms with E-state index < -0.39 is 17.9 Å². The molecule has 1 N–H and O–H groups in total. The second-order valence-corrected chi connectivity index (χ2v) is 24.3. The van der Waals surface area contributed by atoms with Gasteiger partial charge >= 0.3 is 25.8 Å². The summed E-state index contributed by atoms with van der Waals surface area (Å²) in [6.45, 7) is 17.1. The summed E-state index contributed by atoms with van der Waals surface area (Å²) in [5.74, 6) is -3.99. The third-order valence-corrected chi connectivity index (χ3v) is 17.0. The van der Waals surface area contributed by atoms with Crippen LogP contribution in [-0.2, 0) is 36.6 Å². The molecule has 0 unspecified atom stereocenters. The van der Waals surface area contributed by atoms with E-state index in [0.717, 1.165) is 31.5 Å². The summed E-state index contributed by atoms with van der Waals surface area (Å²) in [4.78, 5) is 58.0. The number of rotatable bonds is 36. The molecule has 458 valence electrons. The number of anilines is 1. The van der Waals surface area contributed by atoms with Gasteiger partial charge in [0.1, 0.15) is 6.54 Å². The zero-order valence-electron chi connectivity index (χ0n) is 51.9. The SMILES string of the molecule is CCCCCCCCCCCCCCCCCCCCCCN1/C(=C/C=C/C=C/C2=[N+](CCC)c3ccccc3C2(C)C)C(C)(C)c2cc(CNC(=O)CN3CCN(CC(=O)[O-])CCN(CC(=O)[O-])CCN(CC(=O)[O-])CC3)ccc21.[I-].[In+3]. The molecule has 1 fully saturated rings. The molecule has 0 spiro atoms. The Kier molecular flexibility index (Phi) is 35.5.